The van der Waals surface area contributed by atoms with Crippen LogP contribution in [0.3, 0.4) is 0 Å². The zero-order chi connectivity index (χ0) is 17.0. The fourth-order valence-corrected chi connectivity index (χ4v) is 3.93. The number of carbonyl (C=O) groups excluding carboxylic acids is 1. The number of carboxylic acids is 1. The molecule has 0 heterocycles. The number of rotatable bonds is 5. The minimum absolute atomic E-state index is 0.0829. The molecule has 2 amide bonds. The van der Waals surface area contributed by atoms with Crippen LogP contribution in [-0.2, 0) is 10.2 Å². The van der Waals surface area contributed by atoms with Gasteiger partial charge in [-0.05, 0) is 44.1 Å². The highest BCUT2D eigenvalue weighted by Gasteiger charge is 2.38. The first-order valence-corrected chi connectivity index (χ1v) is 8.92. The van der Waals surface area contributed by atoms with E-state index in [4.69, 9.17) is 5.11 Å². The molecule has 5 heteroatoms. The van der Waals surface area contributed by atoms with Gasteiger partial charge in [0, 0.05) is 18.0 Å². The van der Waals surface area contributed by atoms with Crippen molar-refractivity contribution in [1.29, 1.82) is 0 Å². The normalized spacial score (nSPS) is 25.3. The Bertz CT molecular complexity index is 576. The fraction of sp³-hybridized carbons (Fsp3) is 0.579. The second-order valence-electron chi connectivity index (χ2n) is 7.21. The summed E-state index contributed by atoms with van der Waals surface area (Å²) in [4.78, 5) is 23.2. The third kappa shape index (κ3) is 3.71. The van der Waals surface area contributed by atoms with Crippen LogP contribution in [0.4, 0.5) is 4.79 Å². The number of hydrogen-bond donors (Lipinski definition) is 3. The second-order valence-corrected chi connectivity index (χ2v) is 7.21. The topological polar surface area (TPSA) is 78.4 Å². The first-order valence-electron chi connectivity index (χ1n) is 8.92. The Morgan fingerprint density at radius 2 is 1.75 bits per heavy atom. The van der Waals surface area contributed by atoms with E-state index < -0.39 is 5.97 Å². The maximum absolute atomic E-state index is 12.2. The van der Waals surface area contributed by atoms with E-state index in [1.807, 2.05) is 6.07 Å². The SMILES string of the molecule is O=C(NCC1(c2ccccc2)CCC1)NC1CCC(C(=O)O)CC1. The molecule has 1 aromatic carbocycles. The zero-order valence-electron chi connectivity index (χ0n) is 14.0. The summed E-state index contributed by atoms with van der Waals surface area (Å²) in [6, 6.07) is 10.4. The lowest BCUT2D eigenvalue weighted by molar-refractivity contribution is -0.142. The van der Waals surface area contributed by atoms with Crippen molar-refractivity contribution in [2.24, 2.45) is 5.92 Å². The number of hydrogen-bond acceptors (Lipinski definition) is 2. The van der Waals surface area contributed by atoms with Crippen LogP contribution in [0.1, 0.15) is 50.5 Å². The predicted molar refractivity (Wildman–Crippen MR) is 91.9 cm³/mol. The van der Waals surface area contributed by atoms with E-state index in [-0.39, 0.29) is 23.4 Å². The van der Waals surface area contributed by atoms with Gasteiger partial charge in [-0.1, -0.05) is 36.8 Å². The summed E-state index contributed by atoms with van der Waals surface area (Å²) in [5.74, 6) is -0.963. The van der Waals surface area contributed by atoms with Crippen LogP contribution >= 0.6 is 0 Å². The van der Waals surface area contributed by atoms with Crippen LogP contribution in [-0.4, -0.2) is 29.7 Å². The number of aliphatic carboxylic acids is 1. The average Bonchev–Trinajstić information content (AvgIpc) is 2.55. The summed E-state index contributed by atoms with van der Waals surface area (Å²) >= 11 is 0. The van der Waals surface area contributed by atoms with Gasteiger partial charge in [0.15, 0.2) is 0 Å². The minimum Gasteiger partial charge on any atom is -0.481 e. The molecular formula is C19H26N2O3. The lowest BCUT2D eigenvalue weighted by atomic mass is 9.64. The molecule has 2 aliphatic rings. The van der Waals surface area contributed by atoms with Gasteiger partial charge in [-0.3, -0.25) is 4.79 Å². The molecule has 130 valence electrons. The van der Waals surface area contributed by atoms with Crippen molar-refractivity contribution in [2.75, 3.05) is 6.54 Å². The maximum atomic E-state index is 12.2. The molecule has 2 saturated carbocycles. The van der Waals surface area contributed by atoms with E-state index in [1.54, 1.807) is 0 Å². The van der Waals surface area contributed by atoms with E-state index in [0.29, 0.717) is 19.4 Å². The van der Waals surface area contributed by atoms with E-state index >= 15 is 0 Å². The van der Waals surface area contributed by atoms with Gasteiger partial charge in [-0.25, -0.2) is 4.79 Å². The highest BCUT2D eigenvalue weighted by molar-refractivity contribution is 5.74. The number of benzene rings is 1. The van der Waals surface area contributed by atoms with Crippen molar-refractivity contribution in [3.63, 3.8) is 0 Å². The molecule has 2 fully saturated rings. The van der Waals surface area contributed by atoms with Crippen LogP contribution in [0.15, 0.2) is 30.3 Å². The molecule has 0 saturated heterocycles. The van der Waals surface area contributed by atoms with Gasteiger partial charge in [0.2, 0.25) is 0 Å². The molecule has 0 aromatic heterocycles. The molecule has 5 nitrogen and oxygen atoms in total. The molecule has 2 aliphatic carbocycles. The van der Waals surface area contributed by atoms with E-state index in [2.05, 4.69) is 34.9 Å². The Labute approximate surface area is 142 Å². The molecule has 0 atom stereocenters. The summed E-state index contributed by atoms with van der Waals surface area (Å²) in [5, 5.41) is 15.1. The van der Waals surface area contributed by atoms with Crippen LogP contribution in [0.5, 0.6) is 0 Å². The van der Waals surface area contributed by atoms with Gasteiger partial charge in [-0.15, -0.1) is 0 Å². The van der Waals surface area contributed by atoms with Crippen molar-refractivity contribution < 1.29 is 14.7 Å². The van der Waals surface area contributed by atoms with Crippen molar-refractivity contribution in [3.05, 3.63) is 35.9 Å². The van der Waals surface area contributed by atoms with Crippen LogP contribution < -0.4 is 10.6 Å². The molecule has 3 rings (SSSR count). The van der Waals surface area contributed by atoms with Crippen LogP contribution in [0, 0.1) is 5.92 Å². The number of carboxylic acid groups (broad SMARTS) is 1. The molecule has 0 unspecified atom stereocenters. The Balaban J connectivity index is 1.47. The van der Waals surface area contributed by atoms with Crippen molar-refractivity contribution >= 4 is 12.0 Å². The average molecular weight is 330 g/mol. The Kier molecular flexibility index (Phi) is 5.07. The maximum Gasteiger partial charge on any atom is 0.315 e. The summed E-state index contributed by atoms with van der Waals surface area (Å²) in [6.45, 7) is 0.660. The quantitative estimate of drug-likeness (QED) is 0.776. The van der Waals surface area contributed by atoms with Gasteiger partial charge in [0.1, 0.15) is 0 Å². The standard InChI is InChI=1S/C19H26N2O3/c22-17(23)14-7-9-16(10-8-14)21-18(24)20-13-19(11-4-12-19)15-5-2-1-3-6-15/h1-3,5-6,14,16H,4,7-13H2,(H,22,23)(H2,20,21,24). The summed E-state index contributed by atoms with van der Waals surface area (Å²) < 4.78 is 0. The fourth-order valence-electron chi connectivity index (χ4n) is 3.93. The highest BCUT2D eigenvalue weighted by atomic mass is 16.4. The number of urea groups is 1. The molecule has 0 radical (unpaired) electrons. The van der Waals surface area contributed by atoms with E-state index in [1.165, 1.54) is 12.0 Å². The first kappa shape index (κ1) is 16.8. The molecule has 24 heavy (non-hydrogen) atoms. The third-order valence-electron chi connectivity index (χ3n) is 5.70. The van der Waals surface area contributed by atoms with E-state index in [9.17, 15) is 9.59 Å². The summed E-state index contributed by atoms with van der Waals surface area (Å²) in [7, 11) is 0. The smallest absolute Gasteiger partial charge is 0.315 e. The zero-order valence-corrected chi connectivity index (χ0v) is 14.0. The lowest BCUT2D eigenvalue weighted by Gasteiger charge is -2.42. The van der Waals surface area contributed by atoms with Gasteiger partial charge in [-0.2, -0.15) is 0 Å². The summed E-state index contributed by atoms with van der Waals surface area (Å²) in [6.07, 6.45) is 6.21. The summed E-state index contributed by atoms with van der Waals surface area (Å²) in [5.41, 5.74) is 1.39. The molecule has 0 spiro atoms. The van der Waals surface area contributed by atoms with Crippen LogP contribution in [0.25, 0.3) is 0 Å². The molecule has 0 aliphatic heterocycles. The highest BCUT2D eigenvalue weighted by Crippen LogP contribution is 2.43. The van der Waals surface area contributed by atoms with Gasteiger partial charge < -0.3 is 15.7 Å². The Morgan fingerprint density at radius 3 is 2.29 bits per heavy atom. The Hall–Kier alpha value is -2.04. The van der Waals surface area contributed by atoms with E-state index in [0.717, 1.165) is 25.7 Å². The molecule has 0 bridgehead atoms. The monoisotopic (exact) mass is 330 g/mol. The number of nitrogens with one attached hydrogen (secondary N) is 2. The van der Waals surface area contributed by atoms with Gasteiger partial charge in [0.25, 0.3) is 0 Å². The first-order chi connectivity index (χ1) is 11.6. The van der Waals surface area contributed by atoms with Gasteiger partial charge in [0.05, 0.1) is 5.92 Å². The second kappa shape index (κ2) is 7.24. The number of carbonyl (C=O) groups is 2. The molecule has 1 aromatic rings. The Morgan fingerprint density at radius 1 is 1.08 bits per heavy atom. The van der Waals surface area contributed by atoms with Crippen LogP contribution in [0.2, 0.25) is 0 Å². The van der Waals surface area contributed by atoms with Crippen molar-refractivity contribution in [1.82, 2.24) is 10.6 Å². The van der Waals surface area contributed by atoms with Gasteiger partial charge >= 0.3 is 12.0 Å². The largest absolute Gasteiger partial charge is 0.481 e. The lowest BCUT2D eigenvalue weighted by Crippen LogP contribution is -2.50. The molecular weight excluding hydrogens is 304 g/mol. The predicted octanol–water partition coefficient (Wildman–Crippen LogP) is 3.05. The third-order valence-corrected chi connectivity index (χ3v) is 5.70. The molecule has 3 N–H and O–H groups in total. The number of amides is 2. The van der Waals surface area contributed by atoms with Crippen molar-refractivity contribution in [3.8, 4) is 0 Å². The van der Waals surface area contributed by atoms with Crippen molar-refractivity contribution in [2.45, 2.75) is 56.4 Å². The minimum atomic E-state index is -0.715.